The van der Waals surface area contributed by atoms with E-state index in [9.17, 15) is 4.79 Å². The lowest BCUT2D eigenvalue weighted by Crippen LogP contribution is -2.35. The Morgan fingerprint density at radius 3 is 2.70 bits per heavy atom. The molecule has 0 spiro atoms. The van der Waals surface area contributed by atoms with E-state index >= 15 is 0 Å². The minimum Gasteiger partial charge on any atom is -0.379 e. The second kappa shape index (κ2) is 8.47. The van der Waals surface area contributed by atoms with Crippen LogP contribution in [0.25, 0.3) is 10.6 Å². The predicted molar refractivity (Wildman–Crippen MR) is 106 cm³/mol. The van der Waals surface area contributed by atoms with Crippen molar-refractivity contribution in [2.24, 2.45) is 0 Å². The Balaban J connectivity index is 1.30. The SMILES string of the molecule is O=C(NCc1ccc(CN2CCOCC2)cc1)c1cc(-c2cccs2)[nH]n1. The molecule has 6 nitrogen and oxygen atoms in total. The summed E-state index contributed by atoms with van der Waals surface area (Å²) in [4.78, 5) is 15.8. The highest BCUT2D eigenvalue weighted by Crippen LogP contribution is 2.22. The number of amides is 1. The summed E-state index contributed by atoms with van der Waals surface area (Å²) in [6, 6.07) is 14.1. The number of H-pyrrole nitrogens is 1. The van der Waals surface area contributed by atoms with Gasteiger partial charge in [-0.25, -0.2) is 0 Å². The van der Waals surface area contributed by atoms with E-state index in [0.717, 1.165) is 49.0 Å². The zero-order chi connectivity index (χ0) is 18.5. The largest absolute Gasteiger partial charge is 0.379 e. The number of nitrogens with zero attached hydrogens (tertiary/aromatic N) is 2. The summed E-state index contributed by atoms with van der Waals surface area (Å²) < 4.78 is 5.38. The van der Waals surface area contributed by atoms with Gasteiger partial charge in [0.2, 0.25) is 0 Å². The van der Waals surface area contributed by atoms with Crippen LogP contribution in [-0.4, -0.2) is 47.3 Å². The molecule has 2 N–H and O–H groups in total. The summed E-state index contributed by atoms with van der Waals surface area (Å²) in [5, 5.41) is 12.0. The van der Waals surface area contributed by atoms with E-state index in [1.165, 1.54) is 5.56 Å². The maximum Gasteiger partial charge on any atom is 0.272 e. The van der Waals surface area contributed by atoms with Crippen LogP contribution >= 0.6 is 11.3 Å². The maximum absolute atomic E-state index is 12.3. The van der Waals surface area contributed by atoms with Gasteiger partial charge in [0, 0.05) is 26.2 Å². The van der Waals surface area contributed by atoms with Crippen molar-refractivity contribution >= 4 is 17.2 Å². The molecule has 1 amide bonds. The van der Waals surface area contributed by atoms with E-state index in [-0.39, 0.29) is 5.91 Å². The van der Waals surface area contributed by atoms with Crippen molar-refractivity contribution in [2.75, 3.05) is 26.3 Å². The monoisotopic (exact) mass is 382 g/mol. The van der Waals surface area contributed by atoms with Crippen LogP contribution in [0, 0.1) is 0 Å². The van der Waals surface area contributed by atoms with Gasteiger partial charge in [-0.2, -0.15) is 5.10 Å². The molecule has 0 unspecified atom stereocenters. The molecule has 27 heavy (non-hydrogen) atoms. The van der Waals surface area contributed by atoms with Gasteiger partial charge in [0.05, 0.1) is 23.8 Å². The molecule has 0 saturated carbocycles. The first-order valence-corrected chi connectivity index (χ1v) is 9.91. The molecule has 4 rings (SSSR count). The van der Waals surface area contributed by atoms with Gasteiger partial charge >= 0.3 is 0 Å². The van der Waals surface area contributed by atoms with Crippen LogP contribution in [0.5, 0.6) is 0 Å². The minimum atomic E-state index is -0.175. The lowest BCUT2D eigenvalue weighted by Gasteiger charge is -2.26. The Morgan fingerprint density at radius 2 is 1.96 bits per heavy atom. The van der Waals surface area contributed by atoms with Crippen LogP contribution in [0.4, 0.5) is 0 Å². The third-order valence-corrected chi connectivity index (χ3v) is 5.49. The number of ether oxygens (including phenoxy) is 1. The molecule has 3 aromatic rings. The molecule has 140 valence electrons. The number of hydrogen-bond donors (Lipinski definition) is 2. The number of carbonyl (C=O) groups excluding carboxylic acids is 1. The highest BCUT2D eigenvalue weighted by Gasteiger charge is 2.12. The van der Waals surface area contributed by atoms with E-state index in [0.29, 0.717) is 12.2 Å². The van der Waals surface area contributed by atoms with Crippen LogP contribution in [0.1, 0.15) is 21.6 Å². The topological polar surface area (TPSA) is 70.2 Å². The van der Waals surface area contributed by atoms with Crippen molar-refractivity contribution in [3.05, 3.63) is 64.7 Å². The number of aromatic nitrogens is 2. The summed E-state index contributed by atoms with van der Waals surface area (Å²) >= 11 is 1.61. The lowest BCUT2D eigenvalue weighted by molar-refractivity contribution is 0.0342. The summed E-state index contributed by atoms with van der Waals surface area (Å²) in [6.07, 6.45) is 0. The quantitative estimate of drug-likeness (QED) is 0.688. The summed E-state index contributed by atoms with van der Waals surface area (Å²) in [7, 11) is 0. The van der Waals surface area contributed by atoms with E-state index in [1.807, 2.05) is 17.5 Å². The van der Waals surface area contributed by atoms with E-state index in [2.05, 4.69) is 44.7 Å². The smallest absolute Gasteiger partial charge is 0.272 e. The lowest BCUT2D eigenvalue weighted by atomic mass is 10.1. The molecule has 3 heterocycles. The minimum absolute atomic E-state index is 0.175. The fourth-order valence-corrected chi connectivity index (χ4v) is 3.74. The van der Waals surface area contributed by atoms with Crippen molar-refractivity contribution in [2.45, 2.75) is 13.1 Å². The van der Waals surface area contributed by atoms with Crippen molar-refractivity contribution in [1.29, 1.82) is 0 Å². The van der Waals surface area contributed by atoms with Crippen LogP contribution in [0.2, 0.25) is 0 Å². The van der Waals surface area contributed by atoms with Crippen molar-refractivity contribution < 1.29 is 9.53 Å². The Bertz CT molecular complexity index is 868. The first kappa shape index (κ1) is 17.9. The zero-order valence-electron chi connectivity index (χ0n) is 15.0. The number of carbonyl (C=O) groups is 1. The van der Waals surface area contributed by atoms with Gasteiger partial charge in [0.15, 0.2) is 5.69 Å². The second-order valence-corrected chi connectivity index (χ2v) is 7.48. The molecule has 0 atom stereocenters. The molecular formula is C20H22N4O2S. The molecule has 2 aromatic heterocycles. The van der Waals surface area contributed by atoms with Crippen molar-refractivity contribution in [3.63, 3.8) is 0 Å². The summed E-state index contributed by atoms with van der Waals surface area (Å²) in [6.45, 7) is 5.01. The number of hydrogen-bond acceptors (Lipinski definition) is 5. The van der Waals surface area contributed by atoms with E-state index in [4.69, 9.17) is 4.74 Å². The number of nitrogens with one attached hydrogen (secondary N) is 2. The second-order valence-electron chi connectivity index (χ2n) is 6.53. The Labute approximate surface area is 162 Å². The van der Waals surface area contributed by atoms with E-state index in [1.54, 1.807) is 17.4 Å². The normalized spacial score (nSPS) is 15.0. The van der Waals surface area contributed by atoms with Crippen LogP contribution < -0.4 is 5.32 Å². The number of morpholine rings is 1. The molecular weight excluding hydrogens is 360 g/mol. The highest BCUT2D eigenvalue weighted by atomic mass is 32.1. The van der Waals surface area contributed by atoms with Gasteiger partial charge < -0.3 is 10.1 Å². The van der Waals surface area contributed by atoms with Crippen molar-refractivity contribution in [1.82, 2.24) is 20.4 Å². The van der Waals surface area contributed by atoms with E-state index < -0.39 is 0 Å². The van der Waals surface area contributed by atoms with Crippen LogP contribution in [0.15, 0.2) is 47.8 Å². The van der Waals surface area contributed by atoms with Gasteiger partial charge in [0.25, 0.3) is 5.91 Å². The van der Waals surface area contributed by atoms with Gasteiger partial charge in [-0.15, -0.1) is 11.3 Å². The van der Waals surface area contributed by atoms with Crippen LogP contribution in [-0.2, 0) is 17.8 Å². The van der Waals surface area contributed by atoms with Crippen molar-refractivity contribution in [3.8, 4) is 10.6 Å². The number of rotatable bonds is 6. The third-order valence-electron chi connectivity index (χ3n) is 4.58. The average molecular weight is 382 g/mol. The third kappa shape index (κ3) is 4.63. The first-order chi connectivity index (χ1) is 13.3. The number of thiophene rings is 1. The molecule has 0 aliphatic carbocycles. The Hall–Kier alpha value is -2.48. The molecule has 1 aliphatic heterocycles. The summed E-state index contributed by atoms with van der Waals surface area (Å²) in [5.41, 5.74) is 3.62. The molecule has 1 aliphatic rings. The number of aromatic amines is 1. The molecule has 1 saturated heterocycles. The standard InChI is InChI=1S/C20H22N4O2S/c25-20(18-12-17(22-23-18)19-2-1-11-27-19)21-13-15-3-5-16(6-4-15)14-24-7-9-26-10-8-24/h1-6,11-12H,7-10,13-14H2,(H,21,25)(H,22,23). The van der Waals surface area contributed by atoms with Gasteiger partial charge in [-0.3, -0.25) is 14.8 Å². The summed E-state index contributed by atoms with van der Waals surface area (Å²) in [5.74, 6) is -0.175. The van der Waals surface area contributed by atoms with Crippen LogP contribution in [0.3, 0.4) is 0 Å². The predicted octanol–water partition coefficient (Wildman–Crippen LogP) is 2.90. The van der Waals surface area contributed by atoms with Gasteiger partial charge in [-0.1, -0.05) is 30.3 Å². The fourth-order valence-electron chi connectivity index (χ4n) is 3.05. The molecule has 0 bridgehead atoms. The molecule has 0 radical (unpaired) electrons. The first-order valence-electron chi connectivity index (χ1n) is 9.03. The average Bonchev–Trinajstić information content (AvgIpc) is 3.40. The zero-order valence-corrected chi connectivity index (χ0v) is 15.8. The Morgan fingerprint density at radius 1 is 1.19 bits per heavy atom. The highest BCUT2D eigenvalue weighted by molar-refractivity contribution is 7.13. The fraction of sp³-hybridized carbons (Fsp3) is 0.300. The molecule has 1 fully saturated rings. The van der Waals surface area contributed by atoms with Gasteiger partial charge in [0.1, 0.15) is 0 Å². The van der Waals surface area contributed by atoms with Gasteiger partial charge in [-0.05, 0) is 28.6 Å². The Kier molecular flexibility index (Phi) is 5.62. The maximum atomic E-state index is 12.3. The molecule has 1 aromatic carbocycles. The number of benzene rings is 1. The molecule has 7 heteroatoms.